The number of amides is 1. The van der Waals surface area contributed by atoms with Gasteiger partial charge in [-0.3, -0.25) is 4.79 Å². The summed E-state index contributed by atoms with van der Waals surface area (Å²) in [7, 11) is 0. The van der Waals surface area contributed by atoms with Gasteiger partial charge in [-0.2, -0.15) is 0 Å². The number of rotatable bonds is 4. The number of hydrogen-bond donors (Lipinski definition) is 1. The van der Waals surface area contributed by atoms with E-state index in [9.17, 15) is 9.59 Å². The highest BCUT2D eigenvalue weighted by Gasteiger charge is 2.24. The first-order chi connectivity index (χ1) is 10.6. The molecule has 0 unspecified atom stereocenters. The molecule has 0 saturated heterocycles. The molecule has 1 amide bonds. The third-order valence-electron chi connectivity index (χ3n) is 3.93. The van der Waals surface area contributed by atoms with Gasteiger partial charge >= 0.3 is 5.97 Å². The summed E-state index contributed by atoms with van der Waals surface area (Å²) in [5.74, 6) is -0.832. The Bertz CT molecular complexity index is 656. The Morgan fingerprint density at radius 2 is 2.14 bits per heavy atom. The average molecular weight is 301 g/mol. The van der Waals surface area contributed by atoms with Gasteiger partial charge in [0.25, 0.3) is 5.91 Å². The van der Waals surface area contributed by atoms with Gasteiger partial charge in [-0.1, -0.05) is 18.9 Å². The van der Waals surface area contributed by atoms with E-state index in [1.807, 2.05) is 12.1 Å². The van der Waals surface area contributed by atoms with Gasteiger partial charge in [0.1, 0.15) is 5.65 Å². The van der Waals surface area contributed by atoms with Gasteiger partial charge in [-0.15, -0.1) is 0 Å². The van der Waals surface area contributed by atoms with Gasteiger partial charge in [0, 0.05) is 18.4 Å². The first kappa shape index (κ1) is 14.6. The van der Waals surface area contributed by atoms with E-state index in [2.05, 4.69) is 10.3 Å². The van der Waals surface area contributed by atoms with Gasteiger partial charge in [0.15, 0.2) is 11.8 Å². The van der Waals surface area contributed by atoms with Crippen LogP contribution in [-0.2, 0) is 9.53 Å². The second-order valence-corrected chi connectivity index (χ2v) is 5.63. The Hall–Kier alpha value is -2.37. The van der Waals surface area contributed by atoms with Gasteiger partial charge < -0.3 is 14.5 Å². The second kappa shape index (κ2) is 6.17. The lowest BCUT2D eigenvalue weighted by Crippen LogP contribution is -2.40. The molecule has 1 atom stereocenters. The molecule has 1 aliphatic rings. The van der Waals surface area contributed by atoms with Crippen molar-refractivity contribution in [3.8, 4) is 0 Å². The largest absolute Gasteiger partial charge is 0.448 e. The predicted octanol–water partition coefficient (Wildman–Crippen LogP) is 1.94. The van der Waals surface area contributed by atoms with E-state index in [0.29, 0.717) is 5.65 Å². The first-order valence-electron chi connectivity index (χ1n) is 7.58. The van der Waals surface area contributed by atoms with E-state index in [4.69, 9.17) is 4.74 Å². The fraction of sp³-hybridized carbons (Fsp3) is 0.438. The van der Waals surface area contributed by atoms with E-state index < -0.39 is 12.1 Å². The van der Waals surface area contributed by atoms with E-state index in [1.54, 1.807) is 29.8 Å². The van der Waals surface area contributed by atoms with Crippen molar-refractivity contribution >= 4 is 17.5 Å². The highest BCUT2D eigenvalue weighted by atomic mass is 16.5. The molecule has 0 aliphatic heterocycles. The molecule has 2 heterocycles. The Kier molecular flexibility index (Phi) is 4.09. The van der Waals surface area contributed by atoms with Crippen LogP contribution in [0.15, 0.2) is 30.6 Å². The number of carbonyl (C=O) groups excluding carboxylic acids is 2. The Morgan fingerprint density at radius 3 is 2.86 bits per heavy atom. The van der Waals surface area contributed by atoms with Gasteiger partial charge in [0.2, 0.25) is 0 Å². The average Bonchev–Trinajstić information content (AvgIpc) is 3.15. The summed E-state index contributed by atoms with van der Waals surface area (Å²) < 4.78 is 6.95. The van der Waals surface area contributed by atoms with Crippen LogP contribution >= 0.6 is 0 Å². The van der Waals surface area contributed by atoms with E-state index in [1.165, 1.54) is 0 Å². The van der Waals surface area contributed by atoms with Crippen LogP contribution < -0.4 is 5.32 Å². The van der Waals surface area contributed by atoms with E-state index in [0.717, 1.165) is 25.7 Å². The summed E-state index contributed by atoms with van der Waals surface area (Å²) in [6, 6.07) is 5.70. The number of imidazole rings is 1. The molecule has 2 aromatic rings. The summed E-state index contributed by atoms with van der Waals surface area (Å²) >= 11 is 0. The van der Waals surface area contributed by atoms with Crippen LogP contribution in [0.3, 0.4) is 0 Å². The monoisotopic (exact) mass is 301 g/mol. The zero-order valence-corrected chi connectivity index (χ0v) is 12.5. The van der Waals surface area contributed by atoms with Crippen LogP contribution in [0.25, 0.3) is 5.65 Å². The van der Waals surface area contributed by atoms with Gasteiger partial charge in [-0.05, 0) is 31.9 Å². The minimum Gasteiger partial charge on any atom is -0.448 e. The lowest BCUT2D eigenvalue weighted by molar-refractivity contribution is -0.129. The Balaban J connectivity index is 1.61. The van der Waals surface area contributed by atoms with E-state index >= 15 is 0 Å². The summed E-state index contributed by atoms with van der Waals surface area (Å²) in [4.78, 5) is 28.3. The molecular formula is C16H19N3O3. The Morgan fingerprint density at radius 1 is 1.36 bits per heavy atom. The SMILES string of the molecule is C[C@@H](OC(=O)c1cn2ccccc2n1)C(=O)NC1CCCC1. The molecule has 1 aliphatic carbocycles. The molecule has 116 valence electrons. The highest BCUT2D eigenvalue weighted by molar-refractivity contribution is 5.91. The summed E-state index contributed by atoms with van der Waals surface area (Å²) in [5.41, 5.74) is 0.865. The molecule has 0 spiro atoms. The molecule has 0 aromatic carbocycles. The number of nitrogens with zero attached hydrogens (tertiary/aromatic N) is 2. The molecule has 0 bridgehead atoms. The van der Waals surface area contributed by atoms with Crippen molar-refractivity contribution in [2.45, 2.75) is 44.8 Å². The van der Waals surface area contributed by atoms with Crippen LogP contribution in [0, 0.1) is 0 Å². The molecule has 6 heteroatoms. The van der Waals surface area contributed by atoms with E-state index in [-0.39, 0.29) is 17.6 Å². The third kappa shape index (κ3) is 3.10. The molecule has 1 N–H and O–H groups in total. The van der Waals surface area contributed by atoms with Crippen LogP contribution in [0.2, 0.25) is 0 Å². The fourth-order valence-electron chi connectivity index (χ4n) is 2.70. The number of fused-ring (bicyclic) bond motifs is 1. The highest BCUT2D eigenvalue weighted by Crippen LogP contribution is 2.18. The van der Waals surface area contributed by atoms with Crippen molar-refractivity contribution in [2.75, 3.05) is 0 Å². The molecule has 22 heavy (non-hydrogen) atoms. The number of nitrogens with one attached hydrogen (secondary N) is 1. The summed E-state index contributed by atoms with van der Waals surface area (Å²) in [6.45, 7) is 1.58. The van der Waals surface area contributed by atoms with Crippen molar-refractivity contribution in [3.63, 3.8) is 0 Å². The number of carbonyl (C=O) groups is 2. The van der Waals surface area contributed by atoms with Crippen molar-refractivity contribution in [3.05, 3.63) is 36.3 Å². The number of esters is 1. The molecule has 0 radical (unpaired) electrons. The maximum absolute atomic E-state index is 12.1. The Labute approximate surface area is 128 Å². The molecule has 1 saturated carbocycles. The topological polar surface area (TPSA) is 72.7 Å². The fourth-order valence-corrected chi connectivity index (χ4v) is 2.70. The van der Waals surface area contributed by atoms with Crippen molar-refractivity contribution in [1.82, 2.24) is 14.7 Å². The van der Waals surface area contributed by atoms with Crippen LogP contribution in [-0.4, -0.2) is 33.4 Å². The lowest BCUT2D eigenvalue weighted by Gasteiger charge is -2.16. The maximum Gasteiger partial charge on any atom is 0.359 e. The molecule has 6 nitrogen and oxygen atoms in total. The quantitative estimate of drug-likeness (QED) is 0.876. The standard InChI is InChI=1S/C16H19N3O3/c1-11(15(20)17-12-6-2-3-7-12)22-16(21)13-10-19-9-5-4-8-14(19)18-13/h4-5,8-12H,2-3,6-7H2,1H3,(H,17,20)/t11-/m1/s1. The lowest BCUT2D eigenvalue weighted by atomic mass is 10.2. The zero-order valence-electron chi connectivity index (χ0n) is 12.5. The minimum absolute atomic E-state index is 0.201. The zero-order chi connectivity index (χ0) is 15.5. The van der Waals surface area contributed by atoms with Crippen LogP contribution in [0.4, 0.5) is 0 Å². The van der Waals surface area contributed by atoms with Crippen molar-refractivity contribution < 1.29 is 14.3 Å². The number of hydrogen-bond acceptors (Lipinski definition) is 4. The minimum atomic E-state index is -0.821. The third-order valence-corrected chi connectivity index (χ3v) is 3.93. The maximum atomic E-state index is 12.1. The predicted molar refractivity (Wildman–Crippen MR) is 80.5 cm³/mol. The van der Waals surface area contributed by atoms with Crippen LogP contribution in [0.1, 0.15) is 43.1 Å². The van der Waals surface area contributed by atoms with Gasteiger partial charge in [0.05, 0.1) is 0 Å². The summed E-state index contributed by atoms with van der Waals surface area (Å²) in [6.07, 6.45) is 6.85. The number of ether oxygens (including phenoxy) is 1. The molecular weight excluding hydrogens is 282 g/mol. The van der Waals surface area contributed by atoms with Gasteiger partial charge in [-0.25, -0.2) is 9.78 Å². The van der Waals surface area contributed by atoms with Crippen LogP contribution in [0.5, 0.6) is 0 Å². The first-order valence-corrected chi connectivity index (χ1v) is 7.58. The molecule has 3 rings (SSSR count). The second-order valence-electron chi connectivity index (χ2n) is 5.63. The smallest absolute Gasteiger partial charge is 0.359 e. The molecule has 2 aromatic heterocycles. The number of aromatic nitrogens is 2. The number of pyridine rings is 1. The van der Waals surface area contributed by atoms with Crippen molar-refractivity contribution in [2.24, 2.45) is 0 Å². The normalized spacial score (nSPS) is 16.6. The molecule has 1 fully saturated rings. The summed E-state index contributed by atoms with van der Waals surface area (Å²) in [5, 5.41) is 2.92. The van der Waals surface area contributed by atoms with Crippen molar-refractivity contribution in [1.29, 1.82) is 0 Å².